The number of thioether (sulfide) groups is 1. The summed E-state index contributed by atoms with van der Waals surface area (Å²) < 4.78 is 6.04. The van der Waals surface area contributed by atoms with Crippen molar-refractivity contribution in [3.8, 4) is 0 Å². The highest BCUT2D eigenvalue weighted by molar-refractivity contribution is 8.00. The van der Waals surface area contributed by atoms with Gasteiger partial charge in [0.1, 0.15) is 0 Å². The predicted octanol–water partition coefficient (Wildman–Crippen LogP) is 1.78. The minimum Gasteiger partial charge on any atom is -0.378 e. The van der Waals surface area contributed by atoms with Crippen LogP contribution >= 0.6 is 11.8 Å². The van der Waals surface area contributed by atoms with Gasteiger partial charge in [0.25, 0.3) is 0 Å². The van der Waals surface area contributed by atoms with Crippen LogP contribution in [0.2, 0.25) is 0 Å². The van der Waals surface area contributed by atoms with Crippen molar-refractivity contribution in [1.29, 1.82) is 0 Å². The Morgan fingerprint density at radius 3 is 2.92 bits per heavy atom. The molecule has 3 heteroatoms. The Labute approximate surface area is 84.6 Å². The number of nitrogens with two attached hydrogens (primary N) is 1. The molecule has 2 N–H and O–H groups in total. The Balaban J connectivity index is 1.88. The summed E-state index contributed by atoms with van der Waals surface area (Å²) in [6, 6.07) is 0. The zero-order valence-electron chi connectivity index (χ0n) is 8.13. The molecule has 0 saturated carbocycles. The molecule has 76 valence electrons. The quantitative estimate of drug-likeness (QED) is 0.756. The molecular weight excluding hydrogens is 182 g/mol. The Hall–Kier alpha value is 0.270. The topological polar surface area (TPSA) is 35.2 Å². The smallest absolute Gasteiger partial charge is 0.0589 e. The average molecular weight is 201 g/mol. The number of ether oxygens (including phenoxy) is 1. The maximum Gasteiger partial charge on any atom is 0.0589 e. The standard InChI is InChI=1S/C10H19NOS/c11-8-10(4-2-6-13-10)7-9-3-1-5-12-9/h9H,1-8,11H2. The molecule has 0 bridgehead atoms. The summed E-state index contributed by atoms with van der Waals surface area (Å²) in [4.78, 5) is 0. The van der Waals surface area contributed by atoms with E-state index in [0.717, 1.165) is 13.2 Å². The van der Waals surface area contributed by atoms with E-state index in [1.54, 1.807) is 0 Å². The lowest BCUT2D eigenvalue weighted by molar-refractivity contribution is 0.0949. The molecule has 2 heterocycles. The van der Waals surface area contributed by atoms with Crippen molar-refractivity contribution in [1.82, 2.24) is 0 Å². The molecule has 2 rings (SSSR count). The summed E-state index contributed by atoms with van der Waals surface area (Å²) in [7, 11) is 0. The summed E-state index contributed by atoms with van der Waals surface area (Å²) in [5.74, 6) is 1.30. The van der Waals surface area contributed by atoms with E-state index in [1.165, 1.54) is 37.9 Å². The van der Waals surface area contributed by atoms with Crippen molar-refractivity contribution in [2.45, 2.75) is 43.0 Å². The number of hydrogen-bond acceptors (Lipinski definition) is 3. The zero-order chi connectivity index (χ0) is 9.15. The van der Waals surface area contributed by atoms with E-state index in [4.69, 9.17) is 10.5 Å². The van der Waals surface area contributed by atoms with Crippen LogP contribution in [0.4, 0.5) is 0 Å². The molecule has 2 fully saturated rings. The maximum absolute atomic E-state index is 5.87. The SMILES string of the molecule is NCC1(CC2CCCO2)CCCS1. The predicted molar refractivity (Wildman–Crippen MR) is 57.1 cm³/mol. The van der Waals surface area contributed by atoms with Gasteiger partial charge in [0.05, 0.1) is 6.10 Å². The van der Waals surface area contributed by atoms with E-state index in [-0.39, 0.29) is 0 Å². The van der Waals surface area contributed by atoms with Crippen molar-refractivity contribution in [2.75, 3.05) is 18.9 Å². The largest absolute Gasteiger partial charge is 0.378 e. The van der Waals surface area contributed by atoms with Crippen LogP contribution < -0.4 is 5.73 Å². The second-order valence-corrected chi connectivity index (χ2v) is 5.74. The molecule has 2 atom stereocenters. The Kier molecular flexibility index (Phi) is 3.17. The molecule has 0 radical (unpaired) electrons. The number of hydrogen-bond donors (Lipinski definition) is 1. The van der Waals surface area contributed by atoms with E-state index in [1.807, 2.05) is 0 Å². The fraction of sp³-hybridized carbons (Fsp3) is 1.00. The van der Waals surface area contributed by atoms with E-state index in [9.17, 15) is 0 Å². The molecule has 2 aliphatic heterocycles. The van der Waals surface area contributed by atoms with Gasteiger partial charge in [0, 0.05) is 17.9 Å². The van der Waals surface area contributed by atoms with Gasteiger partial charge in [-0.25, -0.2) is 0 Å². The minimum absolute atomic E-state index is 0.370. The van der Waals surface area contributed by atoms with E-state index in [0.29, 0.717) is 10.9 Å². The van der Waals surface area contributed by atoms with Crippen LogP contribution in [0.5, 0.6) is 0 Å². The normalized spacial score (nSPS) is 39.9. The number of rotatable bonds is 3. The van der Waals surface area contributed by atoms with Crippen LogP contribution in [-0.2, 0) is 4.74 Å². The Morgan fingerprint density at radius 2 is 2.38 bits per heavy atom. The second kappa shape index (κ2) is 4.20. The van der Waals surface area contributed by atoms with Gasteiger partial charge in [-0.3, -0.25) is 0 Å². The first-order valence-corrected chi connectivity index (χ1v) is 6.29. The van der Waals surface area contributed by atoms with Crippen molar-refractivity contribution in [2.24, 2.45) is 5.73 Å². The monoisotopic (exact) mass is 201 g/mol. The average Bonchev–Trinajstić information content (AvgIpc) is 2.77. The van der Waals surface area contributed by atoms with E-state index >= 15 is 0 Å². The third-order valence-corrected chi connectivity index (χ3v) is 4.82. The first-order chi connectivity index (χ1) is 6.35. The molecule has 2 unspecified atom stereocenters. The summed E-state index contributed by atoms with van der Waals surface area (Å²) in [5, 5.41) is 0. The van der Waals surface area contributed by atoms with Crippen molar-refractivity contribution >= 4 is 11.8 Å². The molecule has 0 aliphatic carbocycles. The lowest BCUT2D eigenvalue weighted by Gasteiger charge is -2.28. The van der Waals surface area contributed by atoms with Crippen molar-refractivity contribution in [3.63, 3.8) is 0 Å². The van der Waals surface area contributed by atoms with E-state index < -0.39 is 0 Å². The molecule has 0 aromatic carbocycles. The Bertz CT molecular complexity index is 162. The molecular formula is C10H19NOS. The fourth-order valence-electron chi connectivity index (χ4n) is 2.38. The van der Waals surface area contributed by atoms with Gasteiger partial charge in [0.2, 0.25) is 0 Å². The van der Waals surface area contributed by atoms with Crippen molar-refractivity contribution < 1.29 is 4.74 Å². The van der Waals surface area contributed by atoms with Gasteiger partial charge in [-0.05, 0) is 37.9 Å². The fourth-order valence-corrected chi connectivity index (χ4v) is 3.81. The third kappa shape index (κ3) is 2.20. The van der Waals surface area contributed by atoms with Crippen LogP contribution in [0.15, 0.2) is 0 Å². The Morgan fingerprint density at radius 1 is 1.46 bits per heavy atom. The van der Waals surface area contributed by atoms with Gasteiger partial charge in [-0.1, -0.05) is 0 Å². The summed E-state index contributed by atoms with van der Waals surface area (Å²) >= 11 is 2.07. The molecule has 0 spiro atoms. The second-order valence-electron chi connectivity index (χ2n) is 4.18. The van der Waals surface area contributed by atoms with Gasteiger partial charge in [0.15, 0.2) is 0 Å². The highest BCUT2D eigenvalue weighted by Crippen LogP contribution is 2.42. The highest BCUT2D eigenvalue weighted by Gasteiger charge is 2.36. The van der Waals surface area contributed by atoms with Crippen LogP contribution in [0, 0.1) is 0 Å². The molecule has 2 saturated heterocycles. The van der Waals surface area contributed by atoms with Crippen LogP contribution in [0.1, 0.15) is 32.1 Å². The van der Waals surface area contributed by atoms with Crippen LogP contribution in [0.3, 0.4) is 0 Å². The van der Waals surface area contributed by atoms with Gasteiger partial charge in [-0.15, -0.1) is 0 Å². The molecule has 0 aromatic rings. The first-order valence-electron chi connectivity index (χ1n) is 5.30. The first kappa shape index (κ1) is 9.81. The summed E-state index contributed by atoms with van der Waals surface area (Å²) in [6.45, 7) is 1.80. The molecule has 2 aliphatic rings. The molecule has 13 heavy (non-hydrogen) atoms. The third-order valence-electron chi connectivity index (χ3n) is 3.18. The van der Waals surface area contributed by atoms with Crippen LogP contribution in [-0.4, -0.2) is 29.8 Å². The lowest BCUT2D eigenvalue weighted by atomic mass is 9.95. The van der Waals surface area contributed by atoms with Crippen molar-refractivity contribution in [3.05, 3.63) is 0 Å². The summed E-state index contributed by atoms with van der Waals surface area (Å²) in [5.41, 5.74) is 5.87. The minimum atomic E-state index is 0.370. The highest BCUT2D eigenvalue weighted by atomic mass is 32.2. The molecule has 0 amide bonds. The zero-order valence-corrected chi connectivity index (χ0v) is 8.94. The van der Waals surface area contributed by atoms with Gasteiger partial charge in [-0.2, -0.15) is 11.8 Å². The van der Waals surface area contributed by atoms with Gasteiger partial charge < -0.3 is 10.5 Å². The van der Waals surface area contributed by atoms with Gasteiger partial charge >= 0.3 is 0 Å². The lowest BCUT2D eigenvalue weighted by Crippen LogP contribution is -2.35. The van der Waals surface area contributed by atoms with E-state index in [2.05, 4.69) is 11.8 Å². The van der Waals surface area contributed by atoms with Crippen LogP contribution in [0.25, 0.3) is 0 Å². The maximum atomic E-state index is 5.87. The summed E-state index contributed by atoms with van der Waals surface area (Å²) in [6.07, 6.45) is 6.84. The molecule has 0 aromatic heterocycles. The molecule has 2 nitrogen and oxygen atoms in total.